The van der Waals surface area contributed by atoms with E-state index in [9.17, 15) is 14.4 Å². The summed E-state index contributed by atoms with van der Waals surface area (Å²) < 4.78 is 15.8. The number of carbonyl (C=O) groups excluding carboxylic acids is 2. The zero-order valence-electron chi connectivity index (χ0n) is 22.7. The van der Waals surface area contributed by atoms with Crippen LogP contribution in [0.3, 0.4) is 0 Å². The molecule has 10 heteroatoms. The van der Waals surface area contributed by atoms with E-state index in [-0.39, 0.29) is 28.3 Å². The lowest BCUT2D eigenvalue weighted by atomic mass is 9.62. The van der Waals surface area contributed by atoms with Crippen LogP contribution in [-0.2, 0) is 26.2 Å². The van der Waals surface area contributed by atoms with Crippen molar-refractivity contribution in [1.29, 1.82) is 0 Å². The van der Waals surface area contributed by atoms with Crippen molar-refractivity contribution in [1.82, 2.24) is 5.32 Å². The second-order valence-electron chi connectivity index (χ2n) is 11.9. The van der Waals surface area contributed by atoms with E-state index in [0.29, 0.717) is 33.9 Å². The van der Waals surface area contributed by atoms with Gasteiger partial charge in [-0.15, -0.1) is 0 Å². The molecule has 2 heterocycles. The second kappa shape index (κ2) is 10.7. The molecule has 1 spiro atoms. The van der Waals surface area contributed by atoms with E-state index < -0.39 is 41.1 Å². The number of amides is 2. The third kappa shape index (κ3) is 5.32. The Hall–Kier alpha value is -3.46. The number of rotatable bonds is 6. The zero-order chi connectivity index (χ0) is 29.7. The highest BCUT2D eigenvalue weighted by Crippen LogP contribution is 2.57. The summed E-state index contributed by atoms with van der Waals surface area (Å²) in [4.78, 5) is 39.2. The molecule has 0 radical (unpaired) electrons. The van der Waals surface area contributed by atoms with Crippen LogP contribution in [0, 0.1) is 11.2 Å². The maximum atomic E-state index is 15.8. The molecule has 0 aromatic heterocycles. The number of hydrogen-bond acceptors (Lipinski definition) is 4. The molecular weight excluding hydrogens is 568 g/mol. The summed E-state index contributed by atoms with van der Waals surface area (Å²) in [5, 5.41) is 18.6. The maximum Gasteiger partial charge on any atom is 0.307 e. The highest BCUT2D eigenvalue weighted by Gasteiger charge is 2.66. The minimum Gasteiger partial charge on any atom is -0.481 e. The third-order valence-corrected chi connectivity index (χ3v) is 8.32. The van der Waals surface area contributed by atoms with Crippen LogP contribution in [0.2, 0.25) is 10.0 Å². The lowest BCUT2D eigenvalue weighted by Gasteiger charge is -2.37. The van der Waals surface area contributed by atoms with Crippen LogP contribution in [-0.4, -0.2) is 35.0 Å². The van der Waals surface area contributed by atoms with Crippen LogP contribution >= 0.6 is 23.2 Å². The lowest BCUT2D eigenvalue weighted by molar-refractivity contribution is -0.136. The number of carbonyl (C=O) groups is 3. The number of halogens is 3. The topological polar surface area (TPSA) is 108 Å². The Morgan fingerprint density at radius 2 is 1.78 bits per heavy atom. The molecule has 1 unspecified atom stereocenters. The smallest absolute Gasteiger partial charge is 0.307 e. The number of aliphatic carboxylic acids is 1. The minimum atomic E-state index is -1.36. The summed E-state index contributed by atoms with van der Waals surface area (Å²) in [6.45, 7) is 6.12. The van der Waals surface area contributed by atoms with Crippen molar-refractivity contribution < 1.29 is 23.9 Å². The molecule has 1 saturated heterocycles. The van der Waals surface area contributed by atoms with Crippen LogP contribution in [0.1, 0.15) is 49.8 Å². The van der Waals surface area contributed by atoms with Gasteiger partial charge in [-0.2, -0.15) is 0 Å². The largest absolute Gasteiger partial charge is 0.481 e. The highest BCUT2D eigenvalue weighted by atomic mass is 35.5. The van der Waals surface area contributed by atoms with Gasteiger partial charge >= 0.3 is 5.97 Å². The highest BCUT2D eigenvalue weighted by molar-refractivity contribution is 6.31. The van der Waals surface area contributed by atoms with Gasteiger partial charge in [0.15, 0.2) is 0 Å². The van der Waals surface area contributed by atoms with E-state index in [1.807, 2.05) is 20.8 Å². The van der Waals surface area contributed by atoms with Crippen LogP contribution in [0.4, 0.5) is 15.8 Å². The van der Waals surface area contributed by atoms with Crippen molar-refractivity contribution in [2.24, 2.45) is 5.41 Å². The number of carboxylic acids is 1. The SMILES string of the molecule is CC(C)(C)C[C@@H]1N[C@@H](C(=O)Nc2ccc(CC(=O)O)cc2)[C@H](c2cccc(Cl)c2F)C12C(=O)Nc1cc(Cl)ccc12. The Bertz CT molecular complexity index is 1540. The van der Waals surface area contributed by atoms with Gasteiger partial charge in [-0.25, -0.2) is 4.39 Å². The first-order chi connectivity index (χ1) is 19.3. The van der Waals surface area contributed by atoms with E-state index in [1.165, 1.54) is 6.07 Å². The van der Waals surface area contributed by atoms with Crippen molar-refractivity contribution >= 4 is 52.4 Å². The Kier molecular flexibility index (Phi) is 7.61. The average Bonchev–Trinajstić information content (AvgIpc) is 3.35. The Balaban J connectivity index is 1.65. The molecule has 3 aromatic carbocycles. The molecule has 2 aliphatic rings. The second-order valence-corrected chi connectivity index (χ2v) is 12.7. The van der Waals surface area contributed by atoms with Crippen molar-refractivity contribution in [3.8, 4) is 0 Å². The maximum absolute atomic E-state index is 15.8. The normalized spacial score (nSPS) is 23.4. The Morgan fingerprint density at radius 1 is 1.07 bits per heavy atom. The molecule has 7 nitrogen and oxygen atoms in total. The summed E-state index contributed by atoms with van der Waals surface area (Å²) >= 11 is 12.5. The van der Waals surface area contributed by atoms with Gasteiger partial charge in [-0.3, -0.25) is 14.4 Å². The number of benzene rings is 3. The van der Waals surface area contributed by atoms with E-state index in [2.05, 4.69) is 16.0 Å². The molecular formula is C31H30Cl2FN3O4. The minimum absolute atomic E-state index is 0.111. The fourth-order valence-electron chi connectivity index (χ4n) is 6.25. The number of fused-ring (bicyclic) bond motifs is 2. The number of nitrogens with one attached hydrogen (secondary N) is 3. The summed E-state index contributed by atoms with van der Waals surface area (Å²) in [7, 11) is 0. The Morgan fingerprint density at radius 3 is 2.44 bits per heavy atom. The van der Waals surface area contributed by atoms with Gasteiger partial charge in [0.2, 0.25) is 11.8 Å². The molecule has 1 fully saturated rings. The van der Waals surface area contributed by atoms with Gasteiger partial charge < -0.3 is 21.1 Å². The summed E-state index contributed by atoms with van der Waals surface area (Å²) in [5.41, 5.74) is 0.700. The fourth-order valence-corrected chi connectivity index (χ4v) is 6.61. The molecule has 41 heavy (non-hydrogen) atoms. The van der Waals surface area contributed by atoms with Crippen molar-refractivity contribution in [2.45, 2.75) is 57.0 Å². The van der Waals surface area contributed by atoms with Gasteiger partial charge in [0.05, 0.1) is 17.5 Å². The third-order valence-electron chi connectivity index (χ3n) is 7.80. The van der Waals surface area contributed by atoms with Gasteiger partial charge in [0, 0.05) is 28.4 Å². The molecule has 4 atom stereocenters. The molecule has 214 valence electrons. The molecule has 5 rings (SSSR count). The van der Waals surface area contributed by atoms with Crippen LogP contribution in [0.15, 0.2) is 60.7 Å². The molecule has 0 aliphatic carbocycles. The first-order valence-corrected chi connectivity index (χ1v) is 14.0. The van der Waals surface area contributed by atoms with Gasteiger partial charge in [0.25, 0.3) is 0 Å². The van der Waals surface area contributed by atoms with E-state index in [1.54, 1.807) is 54.6 Å². The predicted molar refractivity (Wildman–Crippen MR) is 157 cm³/mol. The quantitative estimate of drug-likeness (QED) is 0.273. The van der Waals surface area contributed by atoms with E-state index in [4.69, 9.17) is 28.3 Å². The van der Waals surface area contributed by atoms with Gasteiger partial charge in [-0.1, -0.05) is 74.3 Å². The van der Waals surface area contributed by atoms with E-state index >= 15 is 4.39 Å². The Labute approximate surface area is 247 Å². The number of hydrogen-bond donors (Lipinski definition) is 4. The molecule has 0 bridgehead atoms. The molecule has 3 aromatic rings. The average molecular weight is 599 g/mol. The molecule has 0 saturated carbocycles. The number of carboxylic acid groups (broad SMARTS) is 1. The zero-order valence-corrected chi connectivity index (χ0v) is 24.2. The predicted octanol–water partition coefficient (Wildman–Crippen LogP) is 6.15. The lowest BCUT2D eigenvalue weighted by Crippen LogP contribution is -2.49. The standard InChI is InChI=1S/C31H30Cl2FN3O4/c1-30(2,3)15-23-31(20-12-9-17(32)14-22(20)36-29(31)41)25(19-5-4-6-21(33)26(19)34)27(37-23)28(40)35-18-10-7-16(8-11-18)13-24(38)39/h4-12,14,23,25,27,37H,13,15H2,1-3H3,(H,35,40)(H,36,41)(H,38,39)/t23-,25-,27+,31?/m0/s1. The van der Waals surface area contributed by atoms with Crippen LogP contribution in [0.5, 0.6) is 0 Å². The van der Waals surface area contributed by atoms with Crippen molar-refractivity contribution in [2.75, 3.05) is 10.6 Å². The first kappa shape index (κ1) is 29.0. The number of anilines is 2. The summed E-state index contributed by atoms with van der Waals surface area (Å²) in [5.74, 6) is -3.44. The summed E-state index contributed by atoms with van der Waals surface area (Å²) in [6, 6.07) is 14.6. The van der Waals surface area contributed by atoms with Crippen molar-refractivity contribution in [3.63, 3.8) is 0 Å². The van der Waals surface area contributed by atoms with E-state index in [0.717, 1.165) is 0 Å². The van der Waals surface area contributed by atoms with Crippen molar-refractivity contribution in [3.05, 3.63) is 93.2 Å². The molecule has 2 amide bonds. The first-order valence-electron chi connectivity index (χ1n) is 13.2. The summed E-state index contributed by atoms with van der Waals surface area (Å²) in [6.07, 6.45) is 0.346. The van der Waals surface area contributed by atoms with Gasteiger partial charge in [-0.05, 0) is 58.9 Å². The van der Waals surface area contributed by atoms with Crippen LogP contribution in [0.25, 0.3) is 0 Å². The van der Waals surface area contributed by atoms with Gasteiger partial charge in [0.1, 0.15) is 11.2 Å². The van der Waals surface area contributed by atoms with Crippen LogP contribution < -0.4 is 16.0 Å². The molecule has 2 aliphatic heterocycles. The molecule has 4 N–H and O–H groups in total. The monoisotopic (exact) mass is 597 g/mol. The fraction of sp³-hybridized carbons (Fsp3) is 0.323.